The Morgan fingerprint density at radius 2 is 1.73 bits per heavy atom. The fourth-order valence-corrected chi connectivity index (χ4v) is 1.53. The molecule has 0 saturated heterocycles. The molecule has 1 atom stereocenters. The summed E-state index contributed by atoms with van der Waals surface area (Å²) in [5, 5.41) is 10.0. The molecule has 0 aliphatic heterocycles. The maximum atomic E-state index is 9.07. The van der Waals surface area contributed by atoms with Gasteiger partial charge in [0.15, 0.2) is 0 Å². The summed E-state index contributed by atoms with van der Waals surface area (Å²) in [6, 6.07) is 7.10. The average molecular weight is 221 g/mol. The lowest BCUT2D eigenvalue weighted by Gasteiger charge is -2.02. The molecule has 0 spiro atoms. The van der Waals surface area contributed by atoms with Crippen molar-refractivity contribution in [1.82, 2.24) is 15.0 Å². The summed E-state index contributed by atoms with van der Waals surface area (Å²) in [5.41, 5.74) is 0. The van der Waals surface area contributed by atoms with Gasteiger partial charge in [-0.25, -0.2) is 4.98 Å². The predicted octanol–water partition coefficient (Wildman–Crippen LogP) is 0.875. The minimum Gasteiger partial charge on any atom is -0.508 e. The van der Waals surface area contributed by atoms with Gasteiger partial charge in [0.1, 0.15) is 27.2 Å². The lowest BCUT2D eigenvalue weighted by Crippen LogP contribution is -1.97. The van der Waals surface area contributed by atoms with Crippen LogP contribution in [0.15, 0.2) is 36.9 Å². The van der Waals surface area contributed by atoms with E-state index in [1.54, 1.807) is 24.3 Å². The Bertz CT molecular complexity index is 421. The lowest BCUT2D eigenvalue weighted by atomic mass is 10.3. The minimum atomic E-state index is 0.114. The Balaban J connectivity index is 1.96. The van der Waals surface area contributed by atoms with E-state index in [0.717, 1.165) is 5.30 Å². The van der Waals surface area contributed by atoms with Gasteiger partial charge >= 0.3 is 6.01 Å². The second-order valence-corrected chi connectivity index (χ2v) is 3.66. The third-order valence-electron chi connectivity index (χ3n) is 1.60. The zero-order valence-corrected chi connectivity index (χ0v) is 8.66. The van der Waals surface area contributed by atoms with E-state index in [4.69, 9.17) is 9.63 Å². The molecule has 5 nitrogen and oxygen atoms in total. The smallest absolute Gasteiger partial charge is 0.322 e. The van der Waals surface area contributed by atoms with E-state index in [1.807, 2.05) is 0 Å². The van der Waals surface area contributed by atoms with Crippen LogP contribution in [-0.2, 0) is 0 Å². The number of phenolic OH excluding ortho intramolecular Hbond substituents is 1. The van der Waals surface area contributed by atoms with Crippen molar-refractivity contribution in [1.29, 1.82) is 0 Å². The first-order valence-corrected chi connectivity index (χ1v) is 5.09. The summed E-state index contributed by atoms with van der Waals surface area (Å²) in [4.78, 5) is 11.3. The van der Waals surface area contributed by atoms with E-state index in [9.17, 15) is 0 Å². The number of nitrogens with zero attached hydrogens (tertiary/aromatic N) is 3. The number of phenols is 1. The Kier molecular flexibility index (Phi) is 3.05. The van der Waals surface area contributed by atoms with Crippen molar-refractivity contribution in [3.05, 3.63) is 36.9 Å². The molecule has 0 aliphatic carbocycles. The molecule has 1 unspecified atom stereocenters. The zero-order valence-electron chi connectivity index (χ0n) is 7.66. The van der Waals surface area contributed by atoms with Crippen LogP contribution in [0.2, 0.25) is 0 Å². The van der Waals surface area contributed by atoms with Crippen LogP contribution in [0.3, 0.4) is 0 Å². The van der Waals surface area contributed by atoms with E-state index in [0.29, 0.717) is 6.01 Å². The zero-order chi connectivity index (χ0) is 10.5. The third kappa shape index (κ3) is 2.86. The summed E-state index contributed by atoms with van der Waals surface area (Å²) >= 11 is 0. The quantitative estimate of drug-likeness (QED) is 0.779. The van der Waals surface area contributed by atoms with Gasteiger partial charge < -0.3 is 9.63 Å². The van der Waals surface area contributed by atoms with Crippen LogP contribution in [0.1, 0.15) is 0 Å². The topological polar surface area (TPSA) is 68.1 Å². The minimum absolute atomic E-state index is 0.114. The standard InChI is InChI=1S/C9H8N3O2P/c13-7-1-3-8(4-2-7)15-14-9-11-5-10-6-12-9/h1-6,13,15H. The molecule has 6 heteroatoms. The van der Waals surface area contributed by atoms with Crippen molar-refractivity contribution in [2.24, 2.45) is 0 Å². The molecule has 0 fully saturated rings. The van der Waals surface area contributed by atoms with Gasteiger partial charge in [0.2, 0.25) is 0 Å². The maximum absolute atomic E-state index is 9.07. The summed E-state index contributed by atoms with van der Waals surface area (Å²) in [7, 11) is 0.114. The highest BCUT2D eigenvalue weighted by molar-refractivity contribution is 7.42. The second-order valence-electron chi connectivity index (χ2n) is 2.67. The monoisotopic (exact) mass is 221 g/mol. The molecular weight excluding hydrogens is 213 g/mol. The number of rotatable bonds is 3. The van der Waals surface area contributed by atoms with Crippen molar-refractivity contribution in [3.63, 3.8) is 0 Å². The van der Waals surface area contributed by atoms with Gasteiger partial charge in [-0.05, 0) is 24.3 Å². The molecular formula is C9H8N3O2P. The van der Waals surface area contributed by atoms with Crippen molar-refractivity contribution >= 4 is 14.1 Å². The van der Waals surface area contributed by atoms with Gasteiger partial charge in [-0.2, -0.15) is 9.97 Å². The van der Waals surface area contributed by atoms with E-state index < -0.39 is 0 Å². The van der Waals surface area contributed by atoms with Crippen molar-refractivity contribution in [3.8, 4) is 11.8 Å². The Morgan fingerprint density at radius 1 is 1.07 bits per heavy atom. The van der Waals surface area contributed by atoms with Gasteiger partial charge in [-0.1, -0.05) is 0 Å². The summed E-state index contributed by atoms with van der Waals surface area (Å²) in [6.07, 6.45) is 2.76. The molecule has 1 aromatic carbocycles. The van der Waals surface area contributed by atoms with E-state index in [2.05, 4.69) is 15.0 Å². The number of benzene rings is 1. The first-order chi connectivity index (χ1) is 7.34. The number of hydrogen-bond acceptors (Lipinski definition) is 5. The normalized spacial score (nSPS) is 10.7. The van der Waals surface area contributed by atoms with Gasteiger partial charge in [0, 0.05) is 5.30 Å². The lowest BCUT2D eigenvalue weighted by molar-refractivity contribution is 0.475. The third-order valence-corrected chi connectivity index (χ3v) is 2.45. The van der Waals surface area contributed by atoms with Crippen LogP contribution in [0.5, 0.6) is 11.8 Å². The average Bonchev–Trinajstić information content (AvgIpc) is 2.30. The molecule has 0 radical (unpaired) electrons. The molecule has 15 heavy (non-hydrogen) atoms. The van der Waals surface area contributed by atoms with Crippen LogP contribution >= 0.6 is 8.81 Å². The fraction of sp³-hybridized carbons (Fsp3) is 0. The van der Waals surface area contributed by atoms with Crippen molar-refractivity contribution in [2.75, 3.05) is 0 Å². The van der Waals surface area contributed by atoms with Crippen LogP contribution in [-0.4, -0.2) is 20.1 Å². The number of hydrogen-bond donors (Lipinski definition) is 1. The van der Waals surface area contributed by atoms with E-state index in [1.165, 1.54) is 12.7 Å². The second kappa shape index (κ2) is 4.66. The molecule has 0 saturated carbocycles. The number of aromatic hydroxyl groups is 1. The highest BCUT2D eigenvalue weighted by Crippen LogP contribution is 2.16. The van der Waals surface area contributed by atoms with Crippen LogP contribution < -0.4 is 9.83 Å². The summed E-state index contributed by atoms with van der Waals surface area (Å²) in [6.45, 7) is 0. The van der Waals surface area contributed by atoms with E-state index in [-0.39, 0.29) is 14.6 Å². The first kappa shape index (κ1) is 9.80. The molecule has 2 rings (SSSR count). The van der Waals surface area contributed by atoms with Crippen molar-refractivity contribution in [2.45, 2.75) is 0 Å². The van der Waals surface area contributed by atoms with Gasteiger partial charge in [0.05, 0.1) is 0 Å². The molecule has 76 valence electrons. The van der Waals surface area contributed by atoms with E-state index >= 15 is 0 Å². The molecule has 1 aromatic heterocycles. The Hall–Kier alpha value is -1.74. The molecule has 0 amide bonds. The molecule has 1 N–H and O–H groups in total. The maximum Gasteiger partial charge on any atom is 0.322 e. The SMILES string of the molecule is Oc1ccc(POc2ncncn2)cc1. The van der Waals surface area contributed by atoms with Crippen LogP contribution in [0.4, 0.5) is 0 Å². The Morgan fingerprint density at radius 3 is 2.40 bits per heavy atom. The van der Waals surface area contributed by atoms with Gasteiger partial charge in [-0.15, -0.1) is 0 Å². The van der Waals surface area contributed by atoms with Crippen LogP contribution in [0.25, 0.3) is 0 Å². The summed E-state index contributed by atoms with van der Waals surface area (Å²) < 4.78 is 5.32. The fourth-order valence-electron chi connectivity index (χ4n) is 0.915. The predicted molar refractivity (Wildman–Crippen MR) is 56.5 cm³/mol. The van der Waals surface area contributed by atoms with Crippen LogP contribution in [0, 0.1) is 0 Å². The number of aromatic nitrogens is 3. The first-order valence-electron chi connectivity index (χ1n) is 4.18. The summed E-state index contributed by atoms with van der Waals surface area (Å²) in [5.74, 6) is 0.240. The highest BCUT2D eigenvalue weighted by atomic mass is 31.1. The largest absolute Gasteiger partial charge is 0.508 e. The molecule has 0 aliphatic rings. The molecule has 1 heterocycles. The molecule has 2 aromatic rings. The van der Waals surface area contributed by atoms with Crippen molar-refractivity contribution < 1.29 is 9.63 Å². The highest BCUT2D eigenvalue weighted by Gasteiger charge is 1.97. The Labute approximate surface area is 88.1 Å². The van der Waals surface area contributed by atoms with Gasteiger partial charge in [0.25, 0.3) is 0 Å². The van der Waals surface area contributed by atoms with Gasteiger partial charge in [-0.3, -0.25) is 0 Å². The molecule has 0 bridgehead atoms.